The number of rotatable bonds is 6. The summed E-state index contributed by atoms with van der Waals surface area (Å²) >= 11 is 7.18. The van der Waals surface area contributed by atoms with E-state index < -0.39 is 21.9 Å². The van der Waals surface area contributed by atoms with Gasteiger partial charge in [-0.05, 0) is 53.9 Å². The van der Waals surface area contributed by atoms with Crippen molar-refractivity contribution in [2.24, 2.45) is 0 Å². The molecule has 150 valence electrons. The number of amides is 1. The lowest BCUT2D eigenvalue weighted by atomic mass is 10.1. The van der Waals surface area contributed by atoms with Gasteiger partial charge in [0.15, 0.2) is 0 Å². The molecular weight excluding hydrogens is 436 g/mol. The Balaban J connectivity index is 1.74. The summed E-state index contributed by atoms with van der Waals surface area (Å²) in [6.07, 6.45) is 0. The van der Waals surface area contributed by atoms with Gasteiger partial charge in [-0.2, -0.15) is 0 Å². The van der Waals surface area contributed by atoms with Crippen LogP contribution in [0.1, 0.15) is 20.7 Å². The Morgan fingerprint density at radius 1 is 1.03 bits per heavy atom. The van der Waals surface area contributed by atoms with Crippen molar-refractivity contribution in [1.82, 2.24) is 0 Å². The van der Waals surface area contributed by atoms with Crippen LogP contribution in [0.2, 0.25) is 5.02 Å². The summed E-state index contributed by atoms with van der Waals surface area (Å²) < 4.78 is 31.8. The monoisotopic (exact) mass is 450 g/mol. The highest BCUT2D eigenvalue weighted by molar-refractivity contribution is 7.94. The molecule has 1 amide bonds. The minimum absolute atomic E-state index is 0.194. The Morgan fingerprint density at radius 3 is 2.34 bits per heavy atom. The van der Waals surface area contributed by atoms with Crippen LogP contribution in [-0.2, 0) is 14.8 Å². The van der Waals surface area contributed by atoms with Crippen LogP contribution >= 0.6 is 22.9 Å². The van der Waals surface area contributed by atoms with E-state index >= 15 is 0 Å². The first-order chi connectivity index (χ1) is 13.8. The van der Waals surface area contributed by atoms with Crippen molar-refractivity contribution >= 4 is 56.2 Å². The molecular formula is C19H15ClN2O5S2. The van der Waals surface area contributed by atoms with Gasteiger partial charge in [0, 0.05) is 11.3 Å². The van der Waals surface area contributed by atoms with Crippen LogP contribution in [0.4, 0.5) is 11.4 Å². The van der Waals surface area contributed by atoms with Crippen molar-refractivity contribution < 1.29 is 22.7 Å². The lowest BCUT2D eigenvalue weighted by Gasteiger charge is -2.10. The van der Waals surface area contributed by atoms with Crippen molar-refractivity contribution in [3.05, 3.63) is 76.1 Å². The number of esters is 1. The quantitative estimate of drug-likeness (QED) is 0.547. The van der Waals surface area contributed by atoms with Crippen molar-refractivity contribution in [2.75, 3.05) is 17.1 Å². The fourth-order valence-electron chi connectivity index (χ4n) is 2.37. The number of hydrogen-bond acceptors (Lipinski definition) is 6. The number of carbonyl (C=O) groups excluding carboxylic acids is 2. The molecule has 0 radical (unpaired) electrons. The maximum absolute atomic E-state index is 12.5. The van der Waals surface area contributed by atoms with E-state index in [1.165, 1.54) is 55.6 Å². The van der Waals surface area contributed by atoms with Crippen LogP contribution in [0.3, 0.4) is 0 Å². The fourth-order valence-corrected chi connectivity index (χ4v) is 4.59. The number of nitrogens with one attached hydrogen (secondary N) is 2. The number of benzene rings is 2. The summed E-state index contributed by atoms with van der Waals surface area (Å²) in [5, 5.41) is 4.55. The average Bonchev–Trinajstić information content (AvgIpc) is 3.25. The number of anilines is 2. The highest BCUT2D eigenvalue weighted by Crippen LogP contribution is 2.25. The Morgan fingerprint density at radius 2 is 1.72 bits per heavy atom. The SMILES string of the molecule is COC(=O)c1ccc(Cl)c(NC(=O)c2ccc(NS(=O)(=O)c3cccs3)cc2)c1. The van der Waals surface area contributed by atoms with Gasteiger partial charge in [0.25, 0.3) is 15.9 Å². The molecule has 0 fully saturated rings. The fraction of sp³-hybridized carbons (Fsp3) is 0.0526. The molecule has 3 rings (SSSR count). The number of ether oxygens (including phenoxy) is 1. The number of carbonyl (C=O) groups is 2. The largest absolute Gasteiger partial charge is 0.465 e. The lowest BCUT2D eigenvalue weighted by Crippen LogP contribution is -2.14. The summed E-state index contributed by atoms with van der Waals surface area (Å²) in [4.78, 5) is 24.1. The van der Waals surface area contributed by atoms with E-state index in [9.17, 15) is 18.0 Å². The molecule has 0 spiro atoms. The topological polar surface area (TPSA) is 102 Å². The third kappa shape index (κ3) is 4.94. The van der Waals surface area contributed by atoms with E-state index in [-0.39, 0.29) is 26.0 Å². The Bertz CT molecular complexity index is 1140. The summed E-state index contributed by atoms with van der Waals surface area (Å²) in [7, 11) is -2.41. The smallest absolute Gasteiger partial charge is 0.337 e. The molecule has 0 saturated heterocycles. The van der Waals surface area contributed by atoms with Crippen LogP contribution in [-0.4, -0.2) is 27.4 Å². The molecule has 0 atom stereocenters. The molecule has 0 aliphatic rings. The van der Waals surface area contributed by atoms with Gasteiger partial charge in [-0.3, -0.25) is 9.52 Å². The van der Waals surface area contributed by atoms with Gasteiger partial charge in [0.05, 0.1) is 23.4 Å². The van der Waals surface area contributed by atoms with E-state index in [0.29, 0.717) is 5.69 Å². The van der Waals surface area contributed by atoms with Crippen molar-refractivity contribution in [3.8, 4) is 0 Å². The maximum Gasteiger partial charge on any atom is 0.337 e. The Labute approximate surface area is 176 Å². The van der Waals surface area contributed by atoms with E-state index in [4.69, 9.17) is 11.6 Å². The number of methoxy groups -OCH3 is 1. The zero-order valence-electron chi connectivity index (χ0n) is 15.0. The number of hydrogen-bond donors (Lipinski definition) is 2. The molecule has 0 saturated carbocycles. The summed E-state index contributed by atoms with van der Waals surface area (Å²) in [6.45, 7) is 0. The van der Waals surface area contributed by atoms with Crippen LogP contribution in [0.25, 0.3) is 0 Å². The third-order valence-corrected chi connectivity index (χ3v) is 6.90. The van der Waals surface area contributed by atoms with Crippen LogP contribution in [0, 0.1) is 0 Å². The van der Waals surface area contributed by atoms with Crippen molar-refractivity contribution in [3.63, 3.8) is 0 Å². The molecule has 10 heteroatoms. The zero-order chi connectivity index (χ0) is 21.0. The molecule has 0 aliphatic carbocycles. The first-order valence-corrected chi connectivity index (χ1v) is 10.9. The van der Waals surface area contributed by atoms with E-state index in [1.807, 2.05) is 0 Å². The van der Waals surface area contributed by atoms with Crippen LogP contribution in [0.5, 0.6) is 0 Å². The molecule has 3 aromatic rings. The minimum atomic E-state index is -3.67. The summed E-state index contributed by atoms with van der Waals surface area (Å²) in [6, 6.07) is 13.4. The number of halogens is 1. The third-order valence-electron chi connectivity index (χ3n) is 3.79. The summed E-state index contributed by atoms with van der Waals surface area (Å²) in [5.41, 5.74) is 1.09. The van der Waals surface area contributed by atoms with Gasteiger partial charge in [0.1, 0.15) is 4.21 Å². The van der Waals surface area contributed by atoms with E-state index in [1.54, 1.807) is 11.4 Å². The first-order valence-electron chi connectivity index (χ1n) is 8.16. The van der Waals surface area contributed by atoms with Gasteiger partial charge in [-0.15, -0.1) is 11.3 Å². The molecule has 1 aromatic heterocycles. The molecule has 29 heavy (non-hydrogen) atoms. The Hall–Kier alpha value is -2.88. The van der Waals surface area contributed by atoms with Crippen LogP contribution < -0.4 is 10.0 Å². The predicted octanol–water partition coefficient (Wildman–Crippen LogP) is 4.24. The second-order valence-corrected chi connectivity index (χ2v) is 9.02. The average molecular weight is 451 g/mol. The Kier molecular flexibility index (Phi) is 6.21. The summed E-state index contributed by atoms with van der Waals surface area (Å²) in [5.74, 6) is -1.03. The second kappa shape index (κ2) is 8.64. The highest BCUT2D eigenvalue weighted by atomic mass is 35.5. The predicted molar refractivity (Wildman–Crippen MR) is 112 cm³/mol. The van der Waals surface area contributed by atoms with E-state index in [2.05, 4.69) is 14.8 Å². The zero-order valence-corrected chi connectivity index (χ0v) is 17.4. The van der Waals surface area contributed by atoms with Crippen LogP contribution in [0.15, 0.2) is 64.2 Å². The van der Waals surface area contributed by atoms with Gasteiger partial charge < -0.3 is 10.1 Å². The molecule has 0 unspecified atom stereocenters. The molecule has 0 aliphatic heterocycles. The lowest BCUT2D eigenvalue weighted by molar-refractivity contribution is 0.0600. The molecule has 1 heterocycles. The molecule has 2 N–H and O–H groups in total. The van der Waals surface area contributed by atoms with E-state index in [0.717, 1.165) is 11.3 Å². The van der Waals surface area contributed by atoms with Gasteiger partial charge in [-0.1, -0.05) is 17.7 Å². The van der Waals surface area contributed by atoms with Gasteiger partial charge >= 0.3 is 5.97 Å². The highest BCUT2D eigenvalue weighted by Gasteiger charge is 2.16. The molecule has 7 nitrogen and oxygen atoms in total. The standard InChI is InChI=1S/C19H15ClN2O5S2/c1-27-19(24)13-6-9-15(20)16(11-13)21-18(23)12-4-7-14(8-5-12)22-29(25,26)17-3-2-10-28-17/h2-11,22H,1H3,(H,21,23). The first kappa shape index (κ1) is 20.8. The molecule has 2 aromatic carbocycles. The maximum atomic E-state index is 12.5. The van der Waals surface area contributed by atoms with Crippen molar-refractivity contribution in [1.29, 1.82) is 0 Å². The van der Waals surface area contributed by atoms with Crippen molar-refractivity contribution in [2.45, 2.75) is 4.21 Å². The second-order valence-electron chi connectivity index (χ2n) is 5.76. The van der Waals surface area contributed by atoms with Gasteiger partial charge in [-0.25, -0.2) is 13.2 Å². The minimum Gasteiger partial charge on any atom is -0.465 e. The normalized spacial score (nSPS) is 11.0. The number of sulfonamides is 1. The number of thiophene rings is 1. The van der Waals surface area contributed by atoms with Gasteiger partial charge in [0.2, 0.25) is 0 Å². The molecule has 0 bridgehead atoms.